The molecule has 0 saturated carbocycles. The van der Waals surface area contributed by atoms with Crippen molar-refractivity contribution in [1.29, 1.82) is 0 Å². The van der Waals surface area contributed by atoms with Gasteiger partial charge in [-0.25, -0.2) is 0 Å². The molecule has 2 amide bonds. The van der Waals surface area contributed by atoms with Crippen LogP contribution in [0, 0.1) is 0 Å². The average Bonchev–Trinajstić information content (AvgIpc) is 2.59. The molecule has 0 atom stereocenters. The number of primary amides is 1. The monoisotopic (exact) mass is 322 g/mol. The number of nitrogens with zero attached hydrogens (tertiary/aromatic N) is 1. The lowest BCUT2D eigenvalue weighted by Crippen LogP contribution is -2.25. The van der Waals surface area contributed by atoms with Crippen molar-refractivity contribution in [3.8, 4) is 0 Å². The van der Waals surface area contributed by atoms with E-state index in [2.05, 4.69) is 0 Å². The molecule has 0 unspecified atom stereocenters. The molecule has 0 heterocycles. The van der Waals surface area contributed by atoms with Gasteiger partial charge < -0.3 is 10.6 Å². The zero-order chi connectivity index (χ0) is 17.4. The summed E-state index contributed by atoms with van der Waals surface area (Å²) < 4.78 is 0. The number of hydrogen-bond donors (Lipinski definition) is 1. The summed E-state index contributed by atoms with van der Waals surface area (Å²) in [4.78, 5) is 25.0. The molecule has 4 nitrogen and oxygen atoms in total. The maximum Gasteiger partial charge on any atom is 0.248 e. The number of benzene rings is 2. The van der Waals surface area contributed by atoms with E-state index in [1.807, 2.05) is 48.6 Å². The zero-order valence-corrected chi connectivity index (χ0v) is 13.8. The molecular weight excluding hydrogens is 300 g/mol. The van der Waals surface area contributed by atoms with Crippen molar-refractivity contribution in [3.05, 3.63) is 77.4 Å². The van der Waals surface area contributed by atoms with E-state index in [0.717, 1.165) is 11.1 Å². The summed E-state index contributed by atoms with van der Waals surface area (Å²) in [5.74, 6) is -0.394. The molecule has 0 radical (unpaired) electrons. The highest BCUT2D eigenvalue weighted by Gasteiger charge is 2.09. The molecule has 0 aliphatic rings. The topological polar surface area (TPSA) is 63.4 Å². The second-order valence-corrected chi connectivity index (χ2v) is 5.67. The van der Waals surface area contributed by atoms with Crippen LogP contribution in [0.2, 0.25) is 0 Å². The quantitative estimate of drug-likeness (QED) is 0.850. The van der Waals surface area contributed by atoms with Gasteiger partial charge in [0.25, 0.3) is 0 Å². The standard InChI is InChI=1S/C20H22N2O2/c1-22(15-17-11-7-12-18(14-17)20(21)24)19(23)13-6-5-10-16-8-3-2-4-9-16/h2-5,7-12,14H,6,13,15H2,1H3,(H2,21,24)/b10-5-. The molecule has 124 valence electrons. The number of rotatable bonds is 7. The van der Waals surface area contributed by atoms with Crippen molar-refractivity contribution in [2.45, 2.75) is 19.4 Å². The van der Waals surface area contributed by atoms with Crippen molar-refractivity contribution >= 4 is 17.9 Å². The van der Waals surface area contributed by atoms with E-state index >= 15 is 0 Å². The van der Waals surface area contributed by atoms with Crippen molar-refractivity contribution in [2.75, 3.05) is 7.05 Å². The summed E-state index contributed by atoms with van der Waals surface area (Å²) in [6, 6.07) is 17.0. The number of amides is 2. The predicted octanol–water partition coefficient (Wildman–Crippen LogP) is 3.24. The maximum absolute atomic E-state index is 12.2. The largest absolute Gasteiger partial charge is 0.366 e. The van der Waals surface area contributed by atoms with Gasteiger partial charge in [-0.05, 0) is 29.7 Å². The van der Waals surface area contributed by atoms with Crippen LogP contribution < -0.4 is 5.73 Å². The molecule has 24 heavy (non-hydrogen) atoms. The van der Waals surface area contributed by atoms with Crippen molar-refractivity contribution < 1.29 is 9.59 Å². The summed E-state index contributed by atoms with van der Waals surface area (Å²) in [6.45, 7) is 0.461. The highest BCUT2D eigenvalue weighted by molar-refractivity contribution is 5.92. The Morgan fingerprint density at radius 3 is 2.54 bits per heavy atom. The van der Waals surface area contributed by atoms with Gasteiger partial charge in [-0.15, -0.1) is 0 Å². The Bertz CT molecular complexity index is 723. The fourth-order valence-electron chi connectivity index (χ4n) is 2.37. The molecule has 2 aromatic carbocycles. The van der Waals surface area contributed by atoms with E-state index in [-0.39, 0.29) is 5.91 Å². The Hall–Kier alpha value is -2.88. The third-order valence-corrected chi connectivity index (χ3v) is 3.69. The number of carbonyl (C=O) groups excluding carboxylic acids is 2. The predicted molar refractivity (Wildman–Crippen MR) is 96.1 cm³/mol. The molecule has 0 spiro atoms. The molecular formula is C20H22N2O2. The molecule has 0 saturated heterocycles. The second-order valence-electron chi connectivity index (χ2n) is 5.67. The molecule has 0 aliphatic carbocycles. The first-order valence-corrected chi connectivity index (χ1v) is 7.90. The van der Waals surface area contributed by atoms with E-state index in [0.29, 0.717) is 24.9 Å². The number of hydrogen-bond acceptors (Lipinski definition) is 2. The van der Waals surface area contributed by atoms with Crippen LogP contribution in [0.1, 0.15) is 34.3 Å². The highest BCUT2D eigenvalue weighted by atomic mass is 16.2. The van der Waals surface area contributed by atoms with Gasteiger partial charge in [-0.2, -0.15) is 0 Å². The second kappa shape index (κ2) is 8.67. The summed E-state index contributed by atoms with van der Waals surface area (Å²) in [5.41, 5.74) is 7.75. The van der Waals surface area contributed by atoms with Crippen LogP contribution >= 0.6 is 0 Å². The summed E-state index contributed by atoms with van der Waals surface area (Å²) in [6.07, 6.45) is 5.17. The summed E-state index contributed by atoms with van der Waals surface area (Å²) >= 11 is 0. The Kier molecular flexibility index (Phi) is 6.32. The minimum absolute atomic E-state index is 0.0668. The molecule has 4 heteroatoms. The lowest BCUT2D eigenvalue weighted by Gasteiger charge is -2.17. The number of allylic oxidation sites excluding steroid dienone is 1. The smallest absolute Gasteiger partial charge is 0.248 e. The molecule has 0 bridgehead atoms. The Labute approximate surface area is 142 Å². The number of carbonyl (C=O) groups is 2. The molecule has 2 aromatic rings. The van der Waals surface area contributed by atoms with Gasteiger partial charge in [-0.3, -0.25) is 9.59 Å². The van der Waals surface area contributed by atoms with E-state index in [9.17, 15) is 9.59 Å². The average molecular weight is 322 g/mol. The third kappa shape index (κ3) is 5.39. The first-order chi connectivity index (χ1) is 11.6. The minimum atomic E-state index is -0.461. The van der Waals surface area contributed by atoms with Crippen LogP contribution in [0.25, 0.3) is 6.08 Å². The van der Waals surface area contributed by atoms with E-state index in [1.54, 1.807) is 30.1 Å². The van der Waals surface area contributed by atoms with Gasteiger partial charge >= 0.3 is 0 Å². The fraction of sp³-hybridized carbons (Fsp3) is 0.200. The Morgan fingerprint density at radius 2 is 1.83 bits per heavy atom. The van der Waals surface area contributed by atoms with E-state index < -0.39 is 5.91 Å². The highest BCUT2D eigenvalue weighted by Crippen LogP contribution is 2.09. The lowest BCUT2D eigenvalue weighted by atomic mass is 10.1. The summed E-state index contributed by atoms with van der Waals surface area (Å²) in [7, 11) is 1.76. The van der Waals surface area contributed by atoms with Crippen molar-refractivity contribution in [2.24, 2.45) is 5.73 Å². The van der Waals surface area contributed by atoms with E-state index in [1.165, 1.54) is 0 Å². The van der Waals surface area contributed by atoms with Gasteiger partial charge in [0.2, 0.25) is 11.8 Å². The SMILES string of the molecule is CN(Cc1cccc(C(N)=O)c1)C(=O)CC/C=C\c1ccccc1. The third-order valence-electron chi connectivity index (χ3n) is 3.69. The summed E-state index contributed by atoms with van der Waals surface area (Å²) in [5, 5.41) is 0. The van der Waals surface area contributed by atoms with Gasteiger partial charge in [-0.1, -0.05) is 54.6 Å². The van der Waals surface area contributed by atoms with Crippen LogP contribution in [-0.4, -0.2) is 23.8 Å². The Balaban J connectivity index is 1.83. The maximum atomic E-state index is 12.2. The molecule has 2 rings (SSSR count). The van der Waals surface area contributed by atoms with Crippen molar-refractivity contribution in [1.82, 2.24) is 4.90 Å². The molecule has 0 fully saturated rings. The van der Waals surface area contributed by atoms with Crippen LogP contribution in [0.5, 0.6) is 0 Å². The molecule has 0 aromatic heterocycles. The first-order valence-electron chi connectivity index (χ1n) is 7.90. The number of nitrogens with two attached hydrogens (primary N) is 1. The molecule has 2 N–H and O–H groups in total. The van der Waals surface area contributed by atoms with Gasteiger partial charge in [0.15, 0.2) is 0 Å². The van der Waals surface area contributed by atoms with E-state index in [4.69, 9.17) is 5.73 Å². The zero-order valence-electron chi connectivity index (χ0n) is 13.8. The minimum Gasteiger partial charge on any atom is -0.366 e. The fourth-order valence-corrected chi connectivity index (χ4v) is 2.37. The molecule has 0 aliphatic heterocycles. The van der Waals surface area contributed by atoms with Crippen LogP contribution in [0.15, 0.2) is 60.7 Å². The van der Waals surface area contributed by atoms with Crippen molar-refractivity contribution in [3.63, 3.8) is 0 Å². The van der Waals surface area contributed by atoms with Crippen LogP contribution in [0.4, 0.5) is 0 Å². The van der Waals surface area contributed by atoms with Gasteiger partial charge in [0.05, 0.1) is 0 Å². The first kappa shape index (κ1) is 17.5. The van der Waals surface area contributed by atoms with Crippen LogP contribution in [0.3, 0.4) is 0 Å². The lowest BCUT2D eigenvalue weighted by molar-refractivity contribution is -0.130. The van der Waals surface area contributed by atoms with Gasteiger partial charge in [0, 0.05) is 25.6 Å². The normalized spacial score (nSPS) is 10.7. The van der Waals surface area contributed by atoms with Crippen LogP contribution in [-0.2, 0) is 11.3 Å². The Morgan fingerprint density at radius 1 is 1.08 bits per heavy atom. The van der Waals surface area contributed by atoms with Gasteiger partial charge in [0.1, 0.15) is 0 Å².